The fraction of sp³-hybridized carbons (Fsp3) is 0.652. The van der Waals surface area contributed by atoms with Crippen LogP contribution in [0, 0.1) is 35.0 Å². The number of rotatable bonds is 5. The van der Waals surface area contributed by atoms with E-state index in [2.05, 4.69) is 26.6 Å². The summed E-state index contributed by atoms with van der Waals surface area (Å²) in [5.74, 6) is 0.457. The summed E-state index contributed by atoms with van der Waals surface area (Å²) in [6.45, 7) is 2.50. The van der Waals surface area contributed by atoms with Crippen LogP contribution >= 0.6 is 15.9 Å². The van der Waals surface area contributed by atoms with E-state index < -0.39 is 0 Å². The molecule has 1 aliphatic heterocycles. The lowest BCUT2D eigenvalue weighted by molar-refractivity contribution is -0.156. The van der Waals surface area contributed by atoms with Gasteiger partial charge in [0.15, 0.2) is 0 Å². The Hall–Kier alpha value is -1.40. The molecule has 4 aliphatic rings. The molecule has 1 amide bonds. The molecule has 2 bridgehead atoms. The number of carbonyl (C=O) groups excluding carboxylic acids is 2. The minimum absolute atomic E-state index is 0.00499. The molecule has 1 spiro atoms. The molecule has 0 unspecified atom stereocenters. The predicted molar refractivity (Wildman–Crippen MR) is 114 cm³/mol. The van der Waals surface area contributed by atoms with E-state index in [1.807, 2.05) is 24.3 Å². The van der Waals surface area contributed by atoms with Crippen molar-refractivity contribution >= 4 is 33.5 Å². The van der Waals surface area contributed by atoms with E-state index in [4.69, 9.17) is 4.74 Å². The summed E-state index contributed by atoms with van der Waals surface area (Å²) in [7, 11) is 0. The first kappa shape index (κ1) is 19.6. The van der Waals surface area contributed by atoms with Gasteiger partial charge < -0.3 is 15.4 Å². The summed E-state index contributed by atoms with van der Waals surface area (Å²) in [6, 6.07) is 7.63. The van der Waals surface area contributed by atoms with Gasteiger partial charge in [0, 0.05) is 10.2 Å². The highest BCUT2D eigenvalue weighted by molar-refractivity contribution is 9.10. The highest BCUT2D eigenvalue weighted by atomic mass is 79.9. The van der Waals surface area contributed by atoms with E-state index >= 15 is 0 Å². The van der Waals surface area contributed by atoms with Gasteiger partial charge >= 0.3 is 5.97 Å². The molecule has 4 atom stereocenters. The Morgan fingerprint density at radius 3 is 2.34 bits per heavy atom. The van der Waals surface area contributed by atoms with Crippen molar-refractivity contribution in [2.24, 2.45) is 35.0 Å². The van der Waals surface area contributed by atoms with Crippen molar-refractivity contribution in [2.75, 3.05) is 25.0 Å². The average molecular weight is 461 g/mol. The van der Waals surface area contributed by atoms with E-state index in [-0.39, 0.29) is 29.1 Å². The maximum atomic E-state index is 13.3. The van der Waals surface area contributed by atoms with E-state index in [1.54, 1.807) is 0 Å². The molecule has 5 rings (SSSR count). The molecule has 1 saturated heterocycles. The van der Waals surface area contributed by atoms with Crippen molar-refractivity contribution in [2.45, 2.75) is 38.5 Å². The zero-order valence-electron chi connectivity index (χ0n) is 16.7. The van der Waals surface area contributed by atoms with Gasteiger partial charge in [-0.2, -0.15) is 0 Å². The highest BCUT2D eigenvalue weighted by Crippen LogP contribution is 2.74. The Morgan fingerprint density at radius 1 is 1.03 bits per heavy atom. The van der Waals surface area contributed by atoms with Crippen molar-refractivity contribution in [1.82, 2.24) is 5.32 Å². The summed E-state index contributed by atoms with van der Waals surface area (Å²) in [5.41, 5.74) is 1.02. The standard InChI is InChI=1S/C23H29BrN2O3/c24-15-1-3-16(4-2-15)26-21(27)19-17-5-6-18(23(17)9-10-23)20(19)22(28)29-13-14-7-11-25-12-8-14/h1-4,14,17-20,25H,5-13H2,(H,26,27)/t17-,18+,19+,20+/m0/s1. The van der Waals surface area contributed by atoms with E-state index in [9.17, 15) is 9.59 Å². The van der Waals surface area contributed by atoms with Crippen molar-refractivity contribution in [1.29, 1.82) is 0 Å². The molecular formula is C23H29BrN2O3. The van der Waals surface area contributed by atoms with Crippen LogP contribution in [0.25, 0.3) is 0 Å². The number of benzene rings is 1. The molecule has 2 N–H and O–H groups in total. The Kier molecular flexibility index (Phi) is 5.19. The zero-order valence-corrected chi connectivity index (χ0v) is 18.2. The molecule has 3 aliphatic carbocycles. The molecule has 4 fully saturated rings. The van der Waals surface area contributed by atoms with Crippen molar-refractivity contribution in [3.8, 4) is 0 Å². The quantitative estimate of drug-likeness (QED) is 0.651. The van der Waals surface area contributed by atoms with Gasteiger partial charge in [-0.25, -0.2) is 0 Å². The number of ether oxygens (including phenoxy) is 1. The van der Waals surface area contributed by atoms with Gasteiger partial charge in [0.05, 0.1) is 18.4 Å². The van der Waals surface area contributed by atoms with Crippen molar-refractivity contribution in [3.05, 3.63) is 28.7 Å². The fourth-order valence-electron chi connectivity index (χ4n) is 6.43. The number of amides is 1. The number of hydrogen-bond donors (Lipinski definition) is 2. The van der Waals surface area contributed by atoms with Gasteiger partial charge in [0.25, 0.3) is 0 Å². The second-order valence-corrected chi connectivity index (χ2v) is 10.3. The summed E-state index contributed by atoms with van der Waals surface area (Å²) in [4.78, 5) is 26.5. The lowest BCUT2D eigenvalue weighted by atomic mass is 9.78. The first-order valence-corrected chi connectivity index (χ1v) is 11.8. The first-order valence-electron chi connectivity index (χ1n) is 11.0. The van der Waals surface area contributed by atoms with Crippen LogP contribution in [0.2, 0.25) is 0 Å². The number of halogens is 1. The lowest BCUT2D eigenvalue weighted by Gasteiger charge is -2.29. The predicted octanol–water partition coefficient (Wildman–Crippen LogP) is 3.98. The van der Waals surface area contributed by atoms with Crippen LogP contribution in [0.4, 0.5) is 5.69 Å². The third-order valence-electron chi connectivity index (χ3n) is 7.95. The van der Waals surface area contributed by atoms with Crippen LogP contribution < -0.4 is 10.6 Å². The molecule has 3 saturated carbocycles. The second kappa shape index (κ2) is 7.69. The van der Waals surface area contributed by atoms with Crippen LogP contribution in [-0.4, -0.2) is 31.6 Å². The molecule has 5 nitrogen and oxygen atoms in total. The van der Waals surface area contributed by atoms with Gasteiger partial charge in [-0.1, -0.05) is 15.9 Å². The molecule has 156 valence electrons. The Labute approximate surface area is 180 Å². The number of anilines is 1. The molecule has 1 aromatic rings. The van der Waals surface area contributed by atoms with Gasteiger partial charge in [0.2, 0.25) is 5.91 Å². The molecular weight excluding hydrogens is 432 g/mol. The summed E-state index contributed by atoms with van der Waals surface area (Å²) < 4.78 is 6.81. The maximum Gasteiger partial charge on any atom is 0.310 e. The fourth-order valence-corrected chi connectivity index (χ4v) is 6.69. The van der Waals surface area contributed by atoms with Crippen LogP contribution in [0.15, 0.2) is 28.7 Å². The third-order valence-corrected chi connectivity index (χ3v) is 8.48. The van der Waals surface area contributed by atoms with Gasteiger partial charge in [-0.05, 0) is 99.0 Å². The van der Waals surface area contributed by atoms with Gasteiger partial charge in [-0.15, -0.1) is 0 Å². The first-order chi connectivity index (χ1) is 14.1. The van der Waals surface area contributed by atoms with E-state index in [0.29, 0.717) is 24.4 Å². The van der Waals surface area contributed by atoms with E-state index in [0.717, 1.165) is 48.9 Å². The van der Waals surface area contributed by atoms with Crippen LogP contribution in [0.1, 0.15) is 38.5 Å². The monoisotopic (exact) mass is 460 g/mol. The number of piperidine rings is 1. The van der Waals surface area contributed by atoms with Crippen LogP contribution in [0.5, 0.6) is 0 Å². The average Bonchev–Trinajstić information content (AvgIpc) is 3.41. The summed E-state index contributed by atoms with van der Waals surface area (Å²) in [6.07, 6.45) is 6.59. The van der Waals surface area contributed by atoms with Gasteiger partial charge in [0.1, 0.15) is 0 Å². The Morgan fingerprint density at radius 2 is 1.69 bits per heavy atom. The highest BCUT2D eigenvalue weighted by Gasteiger charge is 2.72. The van der Waals surface area contributed by atoms with E-state index in [1.165, 1.54) is 12.8 Å². The van der Waals surface area contributed by atoms with Crippen LogP contribution in [0.3, 0.4) is 0 Å². The largest absolute Gasteiger partial charge is 0.465 e. The molecule has 1 aromatic carbocycles. The minimum Gasteiger partial charge on any atom is -0.465 e. The lowest BCUT2D eigenvalue weighted by Crippen LogP contribution is -2.39. The number of nitrogens with one attached hydrogen (secondary N) is 2. The Bertz CT molecular complexity index is 786. The summed E-state index contributed by atoms with van der Waals surface area (Å²) >= 11 is 3.43. The van der Waals surface area contributed by atoms with Crippen molar-refractivity contribution < 1.29 is 14.3 Å². The maximum absolute atomic E-state index is 13.3. The zero-order chi connectivity index (χ0) is 20.0. The third kappa shape index (κ3) is 3.52. The van der Waals surface area contributed by atoms with Crippen LogP contribution in [-0.2, 0) is 14.3 Å². The Balaban J connectivity index is 1.31. The molecule has 1 heterocycles. The van der Waals surface area contributed by atoms with Crippen molar-refractivity contribution in [3.63, 3.8) is 0 Å². The van der Waals surface area contributed by atoms with Gasteiger partial charge in [-0.3, -0.25) is 9.59 Å². The molecule has 0 aromatic heterocycles. The normalized spacial score (nSPS) is 32.3. The number of esters is 1. The summed E-state index contributed by atoms with van der Waals surface area (Å²) in [5, 5.41) is 6.43. The molecule has 6 heteroatoms. The molecule has 0 radical (unpaired) electrons. The minimum atomic E-state index is -0.270. The second-order valence-electron chi connectivity index (χ2n) is 9.39. The molecule has 29 heavy (non-hydrogen) atoms. The SMILES string of the molecule is O=C(OCC1CCNCC1)[C@H]1[C@H](C(=O)Nc2ccc(Br)cc2)[C@@H]2CC[C@H]1C21CC1. The number of carbonyl (C=O) groups is 2. The number of hydrogen-bond acceptors (Lipinski definition) is 4. The smallest absolute Gasteiger partial charge is 0.310 e. The topological polar surface area (TPSA) is 67.4 Å².